The van der Waals surface area contributed by atoms with Gasteiger partial charge >= 0.3 is 0 Å². The van der Waals surface area contributed by atoms with Crippen molar-refractivity contribution in [3.8, 4) is 6.07 Å². The molecule has 2 aromatic rings. The van der Waals surface area contributed by atoms with Crippen molar-refractivity contribution in [2.45, 2.75) is 0 Å². The Morgan fingerprint density at radius 3 is 2.73 bits per heavy atom. The van der Waals surface area contributed by atoms with Crippen molar-refractivity contribution in [2.75, 3.05) is 0 Å². The summed E-state index contributed by atoms with van der Waals surface area (Å²) in [6.07, 6.45) is 2.40. The molecule has 2 nitrogen and oxygen atoms in total. The normalized spacial score (nSPS) is 10.3. The van der Waals surface area contributed by atoms with Crippen molar-refractivity contribution in [1.82, 2.24) is 4.98 Å². The maximum Gasteiger partial charge on any atom is 0.146 e. The highest BCUT2D eigenvalue weighted by atomic mass is 79.9. The van der Waals surface area contributed by atoms with E-state index in [1.165, 1.54) is 12.4 Å². The predicted octanol–water partition coefficient (Wildman–Crippen LogP) is 3.15. The van der Waals surface area contributed by atoms with Gasteiger partial charge in [0.05, 0.1) is 10.0 Å². The second kappa shape index (κ2) is 3.55. The zero-order chi connectivity index (χ0) is 11.0. The van der Waals surface area contributed by atoms with E-state index in [0.717, 1.165) is 6.07 Å². The van der Waals surface area contributed by atoms with E-state index in [2.05, 4.69) is 20.9 Å². The number of hydrogen-bond donors (Lipinski definition) is 0. The number of aromatic nitrogens is 1. The molecule has 0 saturated heterocycles. The van der Waals surface area contributed by atoms with Gasteiger partial charge < -0.3 is 0 Å². The molecule has 0 saturated carbocycles. The first-order valence-electron chi connectivity index (χ1n) is 3.96. The number of fused-ring (bicyclic) bond motifs is 1. The lowest BCUT2D eigenvalue weighted by Gasteiger charge is -2.03. The Bertz CT molecular complexity index is 590. The van der Waals surface area contributed by atoms with Crippen LogP contribution in [0, 0.1) is 23.0 Å². The summed E-state index contributed by atoms with van der Waals surface area (Å²) in [7, 11) is 0. The third kappa shape index (κ3) is 1.47. The van der Waals surface area contributed by atoms with Crippen LogP contribution in [0.1, 0.15) is 5.56 Å². The molecular weight excluding hydrogens is 266 g/mol. The van der Waals surface area contributed by atoms with Crippen molar-refractivity contribution >= 4 is 26.7 Å². The molecule has 0 aliphatic rings. The molecule has 0 aliphatic carbocycles. The summed E-state index contributed by atoms with van der Waals surface area (Å²) >= 11 is 2.89. The summed E-state index contributed by atoms with van der Waals surface area (Å²) in [6.45, 7) is 0. The zero-order valence-electron chi connectivity index (χ0n) is 7.26. The highest BCUT2D eigenvalue weighted by molar-refractivity contribution is 9.10. The van der Waals surface area contributed by atoms with Crippen molar-refractivity contribution in [3.05, 3.63) is 40.1 Å². The van der Waals surface area contributed by atoms with Gasteiger partial charge in [-0.15, -0.1) is 0 Å². The van der Waals surface area contributed by atoms with Gasteiger partial charge in [-0.2, -0.15) is 5.26 Å². The Hall–Kier alpha value is -1.54. The molecule has 2 rings (SSSR count). The maximum absolute atomic E-state index is 13.6. The third-order valence-corrected chi connectivity index (χ3v) is 2.58. The molecule has 0 fully saturated rings. The van der Waals surface area contributed by atoms with Crippen LogP contribution in [0.15, 0.2) is 22.9 Å². The molecule has 0 aliphatic heterocycles. The van der Waals surface area contributed by atoms with Crippen LogP contribution in [0.5, 0.6) is 0 Å². The van der Waals surface area contributed by atoms with Crippen LogP contribution in [0.4, 0.5) is 8.78 Å². The fourth-order valence-electron chi connectivity index (χ4n) is 1.33. The van der Waals surface area contributed by atoms with Gasteiger partial charge in [-0.1, -0.05) is 0 Å². The number of nitrogens with zero attached hydrogens (tertiary/aromatic N) is 2. The molecule has 5 heteroatoms. The van der Waals surface area contributed by atoms with E-state index < -0.39 is 11.6 Å². The van der Waals surface area contributed by atoms with E-state index in [1.54, 1.807) is 6.07 Å². The Labute approximate surface area is 92.3 Å². The van der Waals surface area contributed by atoms with Crippen LogP contribution in [0.3, 0.4) is 0 Å². The monoisotopic (exact) mass is 268 g/mol. The third-order valence-electron chi connectivity index (χ3n) is 2.01. The number of halogens is 3. The number of hydrogen-bond acceptors (Lipinski definition) is 2. The van der Waals surface area contributed by atoms with Gasteiger partial charge in [0.2, 0.25) is 0 Å². The number of pyridine rings is 1. The average Bonchev–Trinajstić information content (AvgIpc) is 2.25. The minimum atomic E-state index is -0.648. The first kappa shape index (κ1) is 9.99. The van der Waals surface area contributed by atoms with E-state index in [1.807, 2.05) is 0 Å². The predicted molar refractivity (Wildman–Crippen MR) is 54.1 cm³/mol. The molecule has 74 valence electrons. The SMILES string of the molecule is N#Cc1cncc2c(F)cc(Br)c(F)c12. The lowest BCUT2D eigenvalue weighted by Crippen LogP contribution is -1.91. The average molecular weight is 269 g/mol. The first-order valence-corrected chi connectivity index (χ1v) is 4.75. The number of benzene rings is 1. The Balaban J connectivity index is 3.05. The fourth-order valence-corrected chi connectivity index (χ4v) is 1.73. The van der Waals surface area contributed by atoms with E-state index in [4.69, 9.17) is 5.26 Å². The summed E-state index contributed by atoms with van der Waals surface area (Å²) in [4.78, 5) is 3.67. The van der Waals surface area contributed by atoms with Crippen LogP contribution >= 0.6 is 15.9 Å². The van der Waals surface area contributed by atoms with Crippen LogP contribution in [0.25, 0.3) is 10.8 Å². The Morgan fingerprint density at radius 2 is 2.07 bits per heavy atom. The van der Waals surface area contributed by atoms with Crippen molar-refractivity contribution in [3.63, 3.8) is 0 Å². The van der Waals surface area contributed by atoms with Gasteiger partial charge in [0.25, 0.3) is 0 Å². The second-order valence-electron chi connectivity index (χ2n) is 2.88. The van der Waals surface area contributed by atoms with E-state index >= 15 is 0 Å². The van der Waals surface area contributed by atoms with Crippen LogP contribution in [-0.2, 0) is 0 Å². The van der Waals surface area contributed by atoms with Gasteiger partial charge in [0, 0.05) is 23.2 Å². The molecule has 0 bridgehead atoms. The van der Waals surface area contributed by atoms with Crippen molar-refractivity contribution < 1.29 is 8.78 Å². The van der Waals surface area contributed by atoms with Gasteiger partial charge in [-0.3, -0.25) is 4.98 Å². The van der Waals surface area contributed by atoms with Gasteiger partial charge in [0.1, 0.15) is 17.7 Å². The standard InChI is InChI=1S/C10H3BrF2N2/c11-7-1-8(12)6-4-15-3-5(2-14)9(6)10(7)13/h1,3-4H. The topological polar surface area (TPSA) is 36.7 Å². The summed E-state index contributed by atoms with van der Waals surface area (Å²) in [6, 6.07) is 2.79. The van der Waals surface area contributed by atoms with Crippen molar-refractivity contribution in [2.24, 2.45) is 0 Å². The minimum Gasteiger partial charge on any atom is -0.263 e. The van der Waals surface area contributed by atoms with Crippen LogP contribution in [-0.4, -0.2) is 4.98 Å². The minimum absolute atomic E-state index is 0.00444. The zero-order valence-corrected chi connectivity index (χ0v) is 8.85. The lowest BCUT2D eigenvalue weighted by molar-refractivity contribution is 0.611. The molecule has 0 atom stereocenters. The highest BCUT2D eigenvalue weighted by Gasteiger charge is 2.14. The van der Waals surface area contributed by atoms with Gasteiger partial charge in [0.15, 0.2) is 0 Å². The fraction of sp³-hybridized carbons (Fsp3) is 0. The van der Waals surface area contributed by atoms with Crippen molar-refractivity contribution in [1.29, 1.82) is 5.26 Å². The molecule has 0 spiro atoms. The van der Waals surface area contributed by atoms with E-state index in [0.29, 0.717) is 0 Å². The first-order chi connectivity index (χ1) is 7.15. The molecule has 0 unspecified atom stereocenters. The van der Waals surface area contributed by atoms with E-state index in [9.17, 15) is 8.78 Å². The molecule has 0 radical (unpaired) electrons. The number of rotatable bonds is 0. The maximum atomic E-state index is 13.6. The highest BCUT2D eigenvalue weighted by Crippen LogP contribution is 2.29. The van der Waals surface area contributed by atoms with Gasteiger partial charge in [-0.05, 0) is 22.0 Å². The summed E-state index contributed by atoms with van der Waals surface area (Å²) in [5, 5.41) is 8.71. The molecule has 15 heavy (non-hydrogen) atoms. The quantitative estimate of drug-likeness (QED) is 0.689. The largest absolute Gasteiger partial charge is 0.263 e. The molecule has 0 amide bonds. The van der Waals surface area contributed by atoms with Crippen LogP contribution in [0.2, 0.25) is 0 Å². The summed E-state index contributed by atoms with van der Waals surface area (Å²) in [5.74, 6) is -1.26. The Morgan fingerprint density at radius 1 is 1.33 bits per heavy atom. The summed E-state index contributed by atoms with van der Waals surface area (Å²) < 4.78 is 27.0. The second-order valence-corrected chi connectivity index (χ2v) is 3.73. The van der Waals surface area contributed by atoms with Gasteiger partial charge in [-0.25, -0.2) is 8.78 Å². The summed E-state index contributed by atoms with van der Waals surface area (Å²) in [5.41, 5.74) is 0.0187. The van der Waals surface area contributed by atoms with Crippen LogP contribution < -0.4 is 0 Å². The van der Waals surface area contributed by atoms with E-state index in [-0.39, 0.29) is 20.8 Å². The molecular formula is C10H3BrF2N2. The Kier molecular flexibility index (Phi) is 2.37. The smallest absolute Gasteiger partial charge is 0.146 e. The molecule has 0 N–H and O–H groups in total. The number of nitriles is 1. The lowest BCUT2D eigenvalue weighted by atomic mass is 10.1. The molecule has 1 heterocycles. The molecule has 1 aromatic carbocycles. The molecule has 1 aromatic heterocycles.